The van der Waals surface area contributed by atoms with E-state index in [2.05, 4.69) is 13.8 Å². The highest BCUT2D eigenvalue weighted by Crippen LogP contribution is 2.70. The van der Waals surface area contributed by atoms with Gasteiger partial charge in [0.15, 0.2) is 0 Å². The number of epoxide rings is 1. The maximum atomic E-state index is 13.5. The number of hydrogen-bond acceptors (Lipinski definition) is 16. The molecule has 5 aliphatic rings. The highest BCUT2D eigenvalue weighted by atomic mass is 16.7. The van der Waals surface area contributed by atoms with Crippen LogP contribution < -0.4 is 0 Å². The van der Waals surface area contributed by atoms with Gasteiger partial charge in [-0.1, -0.05) is 13.8 Å². The zero-order valence-electron chi connectivity index (χ0n) is 32.4. The predicted octanol–water partition coefficient (Wildman–Crippen LogP) is 3.27. The summed E-state index contributed by atoms with van der Waals surface area (Å²) in [5.41, 5.74) is -2.68. The van der Waals surface area contributed by atoms with Crippen molar-refractivity contribution in [2.45, 2.75) is 155 Å². The van der Waals surface area contributed by atoms with Gasteiger partial charge in [-0.05, 0) is 51.9 Å². The standard InChI is InChI=1S/C38H54O16/c1-19-9-30(52-25(7)41)38(18-46-31(42)10-21(3)49-33(44)12-22(4)50-32(43)11-20(2)48-23(5)39)28(15-27(51-24(6)40)16-37(38)17-47-37)36(19,8)29-13-26-14-34(45)54-35(26)53-29/h19-22,26-30,35H,9-18H2,1-8H3/t19-,20+,21+,22+,26+,27-,28-,29+,30+,35-,36+,37+,38+/m1/s1. The minimum atomic E-state index is -1.07. The van der Waals surface area contributed by atoms with Crippen molar-refractivity contribution in [2.24, 2.45) is 28.6 Å². The zero-order valence-corrected chi connectivity index (χ0v) is 32.4. The summed E-state index contributed by atoms with van der Waals surface area (Å²) in [6.07, 6.45) is -3.59. The Labute approximate surface area is 314 Å². The van der Waals surface area contributed by atoms with Gasteiger partial charge in [-0.2, -0.15) is 0 Å². The van der Waals surface area contributed by atoms with Crippen LogP contribution in [0.25, 0.3) is 0 Å². The first-order valence-corrected chi connectivity index (χ1v) is 18.8. The summed E-state index contributed by atoms with van der Waals surface area (Å²) in [6, 6.07) is 0. The largest absolute Gasteiger partial charge is 0.465 e. The zero-order chi connectivity index (χ0) is 39.7. The van der Waals surface area contributed by atoms with Crippen molar-refractivity contribution < 1.29 is 76.2 Å². The molecule has 1 spiro atoms. The molecule has 2 saturated carbocycles. The molecular formula is C38H54O16. The maximum absolute atomic E-state index is 13.5. The first-order chi connectivity index (χ1) is 25.3. The average molecular weight is 767 g/mol. The van der Waals surface area contributed by atoms with Crippen LogP contribution in [0.4, 0.5) is 0 Å². The van der Waals surface area contributed by atoms with Gasteiger partial charge >= 0.3 is 41.8 Å². The normalized spacial score (nSPS) is 36.7. The van der Waals surface area contributed by atoms with E-state index < -0.39 is 95.0 Å². The molecule has 54 heavy (non-hydrogen) atoms. The van der Waals surface area contributed by atoms with Gasteiger partial charge in [0.1, 0.15) is 42.7 Å². The van der Waals surface area contributed by atoms with Crippen LogP contribution in [0.2, 0.25) is 0 Å². The molecule has 3 saturated heterocycles. The fourth-order valence-corrected chi connectivity index (χ4v) is 9.63. The van der Waals surface area contributed by atoms with Gasteiger partial charge in [-0.25, -0.2) is 0 Å². The quantitative estimate of drug-likeness (QED) is 0.141. The van der Waals surface area contributed by atoms with Crippen LogP contribution in [0, 0.1) is 28.6 Å². The Morgan fingerprint density at radius 1 is 0.796 bits per heavy atom. The lowest BCUT2D eigenvalue weighted by Crippen LogP contribution is -2.70. The molecule has 0 radical (unpaired) electrons. The summed E-state index contributed by atoms with van der Waals surface area (Å²) < 4.78 is 51.8. The molecule has 0 aromatic carbocycles. The minimum Gasteiger partial charge on any atom is -0.465 e. The molecule has 0 aromatic heterocycles. The molecule has 16 heteroatoms. The van der Waals surface area contributed by atoms with Crippen molar-refractivity contribution in [3.05, 3.63) is 0 Å². The number of esters is 7. The van der Waals surface area contributed by atoms with Crippen molar-refractivity contribution in [3.63, 3.8) is 0 Å². The first-order valence-electron chi connectivity index (χ1n) is 18.8. The highest BCUT2D eigenvalue weighted by molar-refractivity contribution is 5.75. The Kier molecular flexibility index (Phi) is 12.4. The monoisotopic (exact) mass is 766 g/mol. The maximum Gasteiger partial charge on any atom is 0.309 e. The minimum absolute atomic E-state index is 0.0968. The van der Waals surface area contributed by atoms with E-state index in [1.807, 2.05) is 0 Å². The SMILES string of the molecule is CC(=O)O[C@@H]1C[C@@H]2[C@@](C)([C@@H]3C[C@H]4CC(=O)O[C@H]4O3)[C@H](C)C[C@H](OC(C)=O)[C@@]2(COC(=O)C[C@H](C)OC(=O)C[C@H](C)OC(=O)C[C@H](C)OC(C)=O)[C@@]2(CO2)C1. The number of carbonyl (C=O) groups excluding carboxylic acids is 7. The molecule has 3 aliphatic heterocycles. The van der Waals surface area contributed by atoms with Crippen molar-refractivity contribution in [3.8, 4) is 0 Å². The topological polar surface area (TPSA) is 206 Å². The molecule has 0 aromatic rings. The van der Waals surface area contributed by atoms with Crippen LogP contribution in [-0.4, -0.2) is 104 Å². The van der Waals surface area contributed by atoms with E-state index in [9.17, 15) is 33.6 Å². The molecule has 16 nitrogen and oxygen atoms in total. The van der Waals surface area contributed by atoms with E-state index in [4.69, 9.17) is 42.6 Å². The number of rotatable bonds is 14. The fourth-order valence-electron chi connectivity index (χ4n) is 9.63. The van der Waals surface area contributed by atoms with Gasteiger partial charge in [0.25, 0.3) is 0 Å². The van der Waals surface area contributed by atoms with Gasteiger partial charge < -0.3 is 42.6 Å². The summed E-state index contributed by atoms with van der Waals surface area (Å²) >= 11 is 0. The van der Waals surface area contributed by atoms with E-state index in [1.54, 1.807) is 6.92 Å². The molecular weight excluding hydrogens is 712 g/mol. The van der Waals surface area contributed by atoms with Gasteiger partial charge in [-0.3, -0.25) is 33.6 Å². The summed E-state index contributed by atoms with van der Waals surface area (Å²) in [4.78, 5) is 86.4. The van der Waals surface area contributed by atoms with E-state index in [0.717, 1.165) is 0 Å². The Bertz CT molecular complexity index is 1470. The predicted molar refractivity (Wildman–Crippen MR) is 181 cm³/mol. The molecule has 5 rings (SSSR count). The lowest BCUT2D eigenvalue weighted by Gasteiger charge is -2.64. The Morgan fingerprint density at radius 2 is 1.37 bits per heavy atom. The van der Waals surface area contributed by atoms with Crippen molar-refractivity contribution in [1.82, 2.24) is 0 Å². The van der Waals surface area contributed by atoms with E-state index in [1.165, 1.54) is 34.6 Å². The summed E-state index contributed by atoms with van der Waals surface area (Å²) in [5, 5.41) is 0. The van der Waals surface area contributed by atoms with Gasteiger partial charge in [-0.15, -0.1) is 0 Å². The molecule has 13 atom stereocenters. The third kappa shape index (κ3) is 8.69. The fraction of sp³-hybridized carbons (Fsp3) is 0.816. The highest BCUT2D eigenvalue weighted by Gasteiger charge is 2.78. The van der Waals surface area contributed by atoms with Crippen LogP contribution in [0.5, 0.6) is 0 Å². The van der Waals surface area contributed by atoms with E-state index in [0.29, 0.717) is 25.7 Å². The molecule has 302 valence electrons. The Hall–Kier alpha value is -3.79. The molecule has 2 aliphatic carbocycles. The molecule has 0 amide bonds. The smallest absolute Gasteiger partial charge is 0.309 e. The van der Waals surface area contributed by atoms with E-state index >= 15 is 0 Å². The van der Waals surface area contributed by atoms with Crippen LogP contribution >= 0.6 is 0 Å². The van der Waals surface area contributed by atoms with Gasteiger partial charge in [0.2, 0.25) is 6.29 Å². The summed E-state index contributed by atoms with van der Waals surface area (Å²) in [5.74, 6) is -4.42. The summed E-state index contributed by atoms with van der Waals surface area (Å²) in [7, 11) is 0. The van der Waals surface area contributed by atoms with Crippen LogP contribution in [0.15, 0.2) is 0 Å². The Morgan fingerprint density at radius 3 is 1.91 bits per heavy atom. The van der Waals surface area contributed by atoms with Crippen molar-refractivity contribution in [1.29, 1.82) is 0 Å². The van der Waals surface area contributed by atoms with Crippen molar-refractivity contribution >= 4 is 41.8 Å². The van der Waals surface area contributed by atoms with Gasteiger partial charge in [0, 0.05) is 38.5 Å². The van der Waals surface area contributed by atoms with Gasteiger partial charge in [0.05, 0.1) is 43.8 Å². The Balaban J connectivity index is 1.31. The molecule has 0 bridgehead atoms. The van der Waals surface area contributed by atoms with E-state index in [-0.39, 0.29) is 62.8 Å². The molecule has 5 fully saturated rings. The number of hydrogen-bond donors (Lipinski definition) is 0. The molecule has 0 N–H and O–H groups in total. The van der Waals surface area contributed by atoms with Crippen LogP contribution in [0.3, 0.4) is 0 Å². The second-order valence-electron chi connectivity index (χ2n) is 16.1. The van der Waals surface area contributed by atoms with Crippen LogP contribution in [-0.2, 0) is 76.2 Å². The number of fused-ring (bicyclic) bond motifs is 3. The lowest BCUT2D eigenvalue weighted by molar-refractivity contribution is -0.264. The molecule has 3 heterocycles. The molecule has 0 unspecified atom stereocenters. The van der Waals surface area contributed by atoms with Crippen LogP contribution in [0.1, 0.15) is 107 Å². The number of ether oxygens (including phenoxy) is 9. The second-order valence-corrected chi connectivity index (χ2v) is 16.1. The third-order valence-electron chi connectivity index (χ3n) is 12.1. The first kappa shape index (κ1) is 41.4. The van der Waals surface area contributed by atoms with Crippen molar-refractivity contribution in [2.75, 3.05) is 13.2 Å². The third-order valence-corrected chi connectivity index (χ3v) is 12.1. The summed E-state index contributed by atoms with van der Waals surface area (Å²) in [6.45, 7) is 12.7. The number of carbonyl (C=O) groups is 7. The average Bonchev–Trinajstić information content (AvgIpc) is 3.54. The second kappa shape index (κ2) is 16.1. The lowest BCUT2D eigenvalue weighted by atomic mass is 9.42.